The minimum atomic E-state index is -5.61. The van der Waals surface area contributed by atoms with E-state index in [1.807, 2.05) is 0 Å². The molecule has 0 unspecified atom stereocenters. The van der Waals surface area contributed by atoms with Crippen molar-refractivity contribution in [2.75, 3.05) is 5.73 Å². The summed E-state index contributed by atoms with van der Waals surface area (Å²) in [5, 5.41) is 11.7. The van der Waals surface area contributed by atoms with Gasteiger partial charge < -0.3 is 5.73 Å². The molecule has 1 aromatic carbocycles. The summed E-state index contributed by atoms with van der Waals surface area (Å²) in [6.45, 7) is 0. The summed E-state index contributed by atoms with van der Waals surface area (Å²) in [6.07, 6.45) is 1.10. The number of nitrogen functional groups attached to an aromatic ring is 1. The van der Waals surface area contributed by atoms with Crippen molar-refractivity contribution < 1.29 is 21.6 Å². The van der Waals surface area contributed by atoms with Crippen LogP contribution in [-0.2, 0) is 9.84 Å². The van der Waals surface area contributed by atoms with E-state index in [0.29, 0.717) is 12.1 Å². The fourth-order valence-corrected chi connectivity index (χ4v) is 3.25. The number of hydrogen-bond donors (Lipinski definition) is 1. The summed E-state index contributed by atoms with van der Waals surface area (Å²) in [5.74, 6) is -0.150. The first-order valence-corrected chi connectivity index (χ1v) is 7.79. The molecule has 0 aliphatic rings. The summed E-state index contributed by atoms with van der Waals surface area (Å²) >= 11 is 11.7. The minimum Gasteiger partial charge on any atom is -0.382 e. The van der Waals surface area contributed by atoms with E-state index < -0.39 is 30.3 Å². The van der Waals surface area contributed by atoms with Crippen molar-refractivity contribution in [1.29, 1.82) is 5.26 Å². The van der Waals surface area contributed by atoms with Crippen LogP contribution in [0.2, 0.25) is 10.0 Å². The first-order valence-electron chi connectivity index (χ1n) is 5.55. The van der Waals surface area contributed by atoms with E-state index in [9.17, 15) is 21.6 Å². The van der Waals surface area contributed by atoms with Crippen LogP contribution in [-0.4, -0.2) is 23.7 Å². The first kappa shape index (κ1) is 17.4. The summed E-state index contributed by atoms with van der Waals surface area (Å²) < 4.78 is 61.4. The molecule has 0 saturated heterocycles. The third-order valence-corrected chi connectivity index (χ3v) is 4.79. The lowest BCUT2D eigenvalue weighted by atomic mass is 10.3. The fraction of sp³-hybridized carbons (Fsp3) is 0.0909. The predicted octanol–water partition coefficient (Wildman–Crippen LogP) is 2.93. The monoisotopic (exact) mass is 384 g/mol. The molecule has 12 heteroatoms. The molecule has 23 heavy (non-hydrogen) atoms. The minimum absolute atomic E-state index is 0.0101. The van der Waals surface area contributed by atoms with Gasteiger partial charge in [0.2, 0.25) is 0 Å². The molecule has 0 amide bonds. The number of aromatic nitrogens is 2. The van der Waals surface area contributed by atoms with Crippen LogP contribution in [0.5, 0.6) is 0 Å². The topological polar surface area (TPSA) is 102 Å². The van der Waals surface area contributed by atoms with Crippen molar-refractivity contribution in [1.82, 2.24) is 9.78 Å². The summed E-state index contributed by atoms with van der Waals surface area (Å²) in [6, 6.07) is 2.90. The Kier molecular flexibility index (Phi) is 4.23. The Morgan fingerprint density at radius 3 is 2.17 bits per heavy atom. The van der Waals surface area contributed by atoms with Crippen LogP contribution in [0.3, 0.4) is 0 Å². The Balaban J connectivity index is 2.69. The van der Waals surface area contributed by atoms with Crippen molar-refractivity contribution in [3.05, 3.63) is 33.9 Å². The van der Waals surface area contributed by atoms with E-state index in [0.717, 1.165) is 10.9 Å². The van der Waals surface area contributed by atoms with Crippen LogP contribution in [0, 0.1) is 11.3 Å². The third kappa shape index (κ3) is 2.83. The van der Waals surface area contributed by atoms with Gasteiger partial charge in [0.1, 0.15) is 23.1 Å². The van der Waals surface area contributed by atoms with Gasteiger partial charge in [0, 0.05) is 0 Å². The van der Waals surface area contributed by atoms with Crippen LogP contribution >= 0.6 is 23.2 Å². The normalized spacial score (nSPS) is 12.2. The number of nitriles is 1. The molecule has 2 aromatic rings. The van der Waals surface area contributed by atoms with Gasteiger partial charge in [-0.25, -0.2) is 13.1 Å². The Bertz CT molecular complexity index is 909. The number of nitrogens with zero attached hydrogens (tertiary/aromatic N) is 3. The molecule has 2 N–H and O–H groups in total. The second-order valence-corrected chi connectivity index (χ2v) is 6.91. The van der Waals surface area contributed by atoms with E-state index in [4.69, 9.17) is 34.2 Å². The van der Waals surface area contributed by atoms with Gasteiger partial charge in [-0.1, -0.05) is 23.2 Å². The number of anilines is 1. The van der Waals surface area contributed by atoms with Gasteiger partial charge in [0.05, 0.1) is 21.1 Å². The van der Waals surface area contributed by atoms with E-state index in [2.05, 4.69) is 5.10 Å². The zero-order valence-corrected chi connectivity index (χ0v) is 13.1. The molecule has 2 rings (SSSR count). The van der Waals surface area contributed by atoms with Gasteiger partial charge in [-0.2, -0.15) is 23.5 Å². The summed E-state index contributed by atoms with van der Waals surface area (Å²) in [5.41, 5.74) is -0.0160. The van der Waals surface area contributed by atoms with Gasteiger partial charge in [0.25, 0.3) is 9.84 Å². The Morgan fingerprint density at radius 2 is 1.78 bits per heavy atom. The highest BCUT2D eigenvalue weighted by molar-refractivity contribution is 7.92. The Hall–Kier alpha value is -1.96. The third-order valence-electron chi connectivity index (χ3n) is 2.74. The molecule has 0 aliphatic carbocycles. The highest BCUT2D eigenvalue weighted by atomic mass is 35.5. The summed E-state index contributed by atoms with van der Waals surface area (Å²) in [4.78, 5) is -1.12. The average Bonchev–Trinajstić information content (AvgIpc) is 2.78. The molecular formula is C11H5Cl2F3N4O2S. The van der Waals surface area contributed by atoms with Gasteiger partial charge in [-0.05, 0) is 12.1 Å². The number of hydrogen-bond acceptors (Lipinski definition) is 5. The van der Waals surface area contributed by atoms with Gasteiger partial charge in [-0.3, -0.25) is 0 Å². The van der Waals surface area contributed by atoms with Gasteiger partial charge >= 0.3 is 5.51 Å². The molecule has 0 aliphatic heterocycles. The largest absolute Gasteiger partial charge is 0.501 e. The van der Waals surface area contributed by atoms with Gasteiger partial charge in [-0.15, -0.1) is 0 Å². The molecular weight excluding hydrogens is 380 g/mol. The van der Waals surface area contributed by atoms with Crippen LogP contribution in [0.15, 0.2) is 23.2 Å². The molecule has 0 fully saturated rings. The van der Waals surface area contributed by atoms with Crippen LogP contribution in [0.25, 0.3) is 5.69 Å². The second kappa shape index (κ2) is 5.59. The number of sulfone groups is 1. The highest BCUT2D eigenvalue weighted by Gasteiger charge is 2.47. The Morgan fingerprint density at radius 1 is 1.26 bits per heavy atom. The number of halogens is 5. The molecule has 1 aromatic heterocycles. The lowest BCUT2D eigenvalue weighted by Gasteiger charge is -2.13. The lowest BCUT2D eigenvalue weighted by molar-refractivity contribution is -0.0436. The van der Waals surface area contributed by atoms with Crippen molar-refractivity contribution in [3.63, 3.8) is 0 Å². The molecule has 0 saturated carbocycles. The molecule has 0 radical (unpaired) electrons. The van der Waals surface area contributed by atoms with Crippen LogP contribution in [0.4, 0.5) is 19.0 Å². The van der Waals surface area contributed by atoms with E-state index >= 15 is 0 Å². The van der Waals surface area contributed by atoms with E-state index in [1.165, 1.54) is 0 Å². The van der Waals surface area contributed by atoms with Crippen molar-refractivity contribution in [3.8, 4) is 11.8 Å². The fourth-order valence-electron chi connectivity index (χ4n) is 1.66. The van der Waals surface area contributed by atoms with Crippen LogP contribution < -0.4 is 5.73 Å². The highest BCUT2D eigenvalue weighted by Crippen LogP contribution is 2.37. The second-order valence-electron chi connectivity index (χ2n) is 4.15. The van der Waals surface area contributed by atoms with E-state index in [-0.39, 0.29) is 17.1 Å². The smallest absolute Gasteiger partial charge is 0.382 e. The van der Waals surface area contributed by atoms with Crippen molar-refractivity contribution in [2.24, 2.45) is 0 Å². The molecule has 1 heterocycles. The molecule has 0 atom stereocenters. The van der Waals surface area contributed by atoms with Crippen molar-refractivity contribution in [2.45, 2.75) is 10.4 Å². The zero-order chi connectivity index (χ0) is 17.6. The van der Waals surface area contributed by atoms with Crippen LogP contribution in [0.1, 0.15) is 5.56 Å². The number of alkyl halides is 3. The summed E-state index contributed by atoms with van der Waals surface area (Å²) in [7, 11) is -5.61. The maximum atomic E-state index is 12.6. The quantitative estimate of drug-likeness (QED) is 0.857. The molecule has 0 spiro atoms. The predicted molar refractivity (Wildman–Crippen MR) is 76.0 cm³/mol. The first-order chi connectivity index (χ1) is 10.5. The SMILES string of the molecule is N#Cc1cnn(-c2c(Cl)cc(S(=O)(=O)C(F)(F)F)cc2Cl)c1N. The maximum absolute atomic E-state index is 12.6. The molecule has 0 bridgehead atoms. The van der Waals surface area contributed by atoms with E-state index in [1.54, 1.807) is 6.07 Å². The molecule has 122 valence electrons. The lowest BCUT2D eigenvalue weighted by Crippen LogP contribution is -2.23. The number of benzene rings is 1. The maximum Gasteiger partial charge on any atom is 0.501 e. The number of nitrogens with two attached hydrogens (primary N) is 1. The van der Waals surface area contributed by atoms with Crippen molar-refractivity contribution >= 4 is 38.9 Å². The van der Waals surface area contributed by atoms with Gasteiger partial charge in [0.15, 0.2) is 0 Å². The number of rotatable bonds is 2. The average molecular weight is 385 g/mol. The Labute approximate surface area is 137 Å². The zero-order valence-electron chi connectivity index (χ0n) is 10.8. The molecule has 6 nitrogen and oxygen atoms in total. The standard InChI is InChI=1S/C11H5Cl2F3N4O2S/c12-7-1-6(23(21,22)11(14,15)16)2-8(13)9(7)20-10(18)5(3-17)4-19-20/h1-2,4H,18H2.